The van der Waals surface area contributed by atoms with Gasteiger partial charge in [0.2, 0.25) is 5.15 Å². The van der Waals surface area contributed by atoms with Crippen molar-refractivity contribution in [2.75, 3.05) is 0 Å². The van der Waals surface area contributed by atoms with E-state index in [0.29, 0.717) is 16.2 Å². The third-order valence-electron chi connectivity index (χ3n) is 2.31. The topological polar surface area (TPSA) is 123 Å². The van der Waals surface area contributed by atoms with Gasteiger partial charge in [-0.3, -0.25) is 10.1 Å². The molecule has 0 unspecified atom stereocenters. The number of nitrogens with zero attached hydrogens (tertiary/aromatic N) is 6. The fraction of sp³-hybridized carbons (Fsp3) is 0. The van der Waals surface area contributed by atoms with Gasteiger partial charge in [0.1, 0.15) is 23.2 Å². The Morgan fingerprint density at radius 1 is 1.15 bits per heavy atom. The number of fused-ring (bicyclic) bond motifs is 1. The van der Waals surface area contributed by atoms with E-state index < -0.39 is 4.92 Å². The second kappa shape index (κ2) is 4.98. The molecular formula is C9H4ClN7O2S. The molecule has 0 aromatic carbocycles. The van der Waals surface area contributed by atoms with E-state index in [1.165, 1.54) is 12.7 Å². The molecule has 3 aromatic heterocycles. The number of hydrogen-bond acceptors (Lipinski definition) is 8. The van der Waals surface area contributed by atoms with Crippen molar-refractivity contribution in [1.82, 2.24) is 29.9 Å². The second-order valence-corrected chi connectivity index (χ2v) is 4.79. The van der Waals surface area contributed by atoms with Crippen molar-refractivity contribution in [2.45, 2.75) is 10.1 Å². The maximum atomic E-state index is 11.0. The first-order valence-corrected chi connectivity index (χ1v) is 6.33. The zero-order chi connectivity index (χ0) is 14.1. The van der Waals surface area contributed by atoms with Gasteiger partial charge in [-0.2, -0.15) is 0 Å². The van der Waals surface area contributed by atoms with Gasteiger partial charge in [0.25, 0.3) is 0 Å². The number of hydrogen-bond donors (Lipinski definition) is 1. The van der Waals surface area contributed by atoms with E-state index in [1.807, 2.05) is 0 Å². The maximum Gasteiger partial charge on any atom is 0.338 e. The molecule has 0 amide bonds. The molecule has 0 radical (unpaired) electrons. The summed E-state index contributed by atoms with van der Waals surface area (Å²) >= 11 is 6.72. The van der Waals surface area contributed by atoms with Crippen LogP contribution in [-0.4, -0.2) is 34.8 Å². The van der Waals surface area contributed by atoms with Crippen LogP contribution in [0.15, 0.2) is 29.0 Å². The number of nitro groups is 1. The molecule has 0 aliphatic heterocycles. The summed E-state index contributed by atoms with van der Waals surface area (Å²) in [5.41, 5.74) is 0.678. The van der Waals surface area contributed by atoms with Crippen LogP contribution in [0.3, 0.4) is 0 Å². The highest BCUT2D eigenvalue weighted by Crippen LogP contribution is 2.36. The fourth-order valence-corrected chi connectivity index (χ4v) is 2.64. The predicted molar refractivity (Wildman–Crippen MR) is 69.5 cm³/mol. The molecule has 9 nitrogen and oxygen atoms in total. The summed E-state index contributed by atoms with van der Waals surface area (Å²) in [6, 6.07) is 0. The quantitative estimate of drug-likeness (QED) is 0.441. The lowest BCUT2D eigenvalue weighted by atomic mass is 10.5. The highest BCUT2D eigenvalue weighted by Gasteiger charge is 2.23. The lowest BCUT2D eigenvalue weighted by molar-refractivity contribution is -0.388. The van der Waals surface area contributed by atoms with Crippen LogP contribution in [0.4, 0.5) is 5.69 Å². The Hall–Kier alpha value is -2.33. The third-order valence-corrected chi connectivity index (χ3v) is 3.58. The van der Waals surface area contributed by atoms with E-state index in [0.717, 1.165) is 18.1 Å². The van der Waals surface area contributed by atoms with E-state index in [4.69, 9.17) is 11.6 Å². The van der Waals surface area contributed by atoms with Gasteiger partial charge in [-0.15, -0.1) is 0 Å². The first-order chi connectivity index (χ1) is 9.66. The number of H-pyrrole nitrogens is 1. The largest absolute Gasteiger partial charge is 0.341 e. The smallest absolute Gasteiger partial charge is 0.338 e. The minimum absolute atomic E-state index is 0.101. The van der Waals surface area contributed by atoms with Crippen molar-refractivity contribution in [3.8, 4) is 0 Å². The fourth-order valence-electron chi connectivity index (χ4n) is 1.48. The average Bonchev–Trinajstić information content (AvgIpc) is 2.87. The molecule has 0 aliphatic carbocycles. The molecule has 0 saturated heterocycles. The molecule has 3 rings (SSSR count). The number of aromatic nitrogens is 6. The van der Waals surface area contributed by atoms with Crippen LogP contribution in [0.5, 0.6) is 0 Å². The zero-order valence-electron chi connectivity index (χ0n) is 9.52. The Morgan fingerprint density at radius 3 is 2.70 bits per heavy atom. The minimum Gasteiger partial charge on any atom is -0.341 e. The Bertz CT molecular complexity index is 808. The van der Waals surface area contributed by atoms with Crippen molar-refractivity contribution >= 4 is 40.2 Å². The van der Waals surface area contributed by atoms with E-state index >= 15 is 0 Å². The molecular weight excluding hydrogens is 306 g/mol. The Morgan fingerprint density at radius 2 is 1.90 bits per heavy atom. The second-order valence-electron chi connectivity index (χ2n) is 3.46. The van der Waals surface area contributed by atoms with Crippen molar-refractivity contribution in [3.05, 3.63) is 34.2 Å². The van der Waals surface area contributed by atoms with Crippen molar-refractivity contribution in [2.24, 2.45) is 0 Å². The van der Waals surface area contributed by atoms with E-state index in [2.05, 4.69) is 29.9 Å². The van der Waals surface area contributed by atoms with Crippen LogP contribution < -0.4 is 0 Å². The monoisotopic (exact) mass is 309 g/mol. The van der Waals surface area contributed by atoms with Gasteiger partial charge in [0.15, 0.2) is 10.7 Å². The summed E-state index contributed by atoms with van der Waals surface area (Å²) in [5.74, 6) is 0. The van der Waals surface area contributed by atoms with Crippen LogP contribution in [0, 0.1) is 10.1 Å². The van der Waals surface area contributed by atoms with Crippen LogP contribution >= 0.6 is 23.4 Å². The SMILES string of the molecule is O=[N+]([O-])c1c(Cl)ncnc1Sc1ncnc2nc[nH]c12. The summed E-state index contributed by atoms with van der Waals surface area (Å²) in [6.07, 6.45) is 3.94. The minimum atomic E-state index is -0.629. The van der Waals surface area contributed by atoms with Crippen LogP contribution in [-0.2, 0) is 0 Å². The van der Waals surface area contributed by atoms with Gasteiger partial charge in [0.05, 0.1) is 11.3 Å². The van der Waals surface area contributed by atoms with Gasteiger partial charge < -0.3 is 4.98 Å². The van der Waals surface area contributed by atoms with Crippen LogP contribution in [0.25, 0.3) is 11.2 Å². The first kappa shape index (κ1) is 12.7. The van der Waals surface area contributed by atoms with Gasteiger partial charge in [-0.25, -0.2) is 24.9 Å². The molecule has 0 atom stereocenters. The number of nitrogens with one attached hydrogen (secondary N) is 1. The van der Waals surface area contributed by atoms with E-state index in [1.54, 1.807) is 0 Å². The molecule has 0 aliphatic rings. The van der Waals surface area contributed by atoms with Gasteiger partial charge in [-0.05, 0) is 11.8 Å². The van der Waals surface area contributed by atoms with E-state index in [-0.39, 0.29) is 15.9 Å². The summed E-state index contributed by atoms with van der Waals surface area (Å²) in [4.78, 5) is 32.7. The van der Waals surface area contributed by atoms with Gasteiger partial charge in [-0.1, -0.05) is 11.6 Å². The number of aromatic amines is 1. The highest BCUT2D eigenvalue weighted by molar-refractivity contribution is 7.99. The maximum absolute atomic E-state index is 11.0. The van der Waals surface area contributed by atoms with E-state index in [9.17, 15) is 10.1 Å². The summed E-state index contributed by atoms with van der Waals surface area (Å²) in [7, 11) is 0. The zero-order valence-corrected chi connectivity index (χ0v) is 11.1. The summed E-state index contributed by atoms with van der Waals surface area (Å²) in [5, 5.41) is 11.4. The lowest BCUT2D eigenvalue weighted by Gasteiger charge is -2.02. The van der Waals surface area contributed by atoms with Crippen molar-refractivity contribution in [3.63, 3.8) is 0 Å². The Balaban J connectivity index is 2.10. The predicted octanol–water partition coefficient (Wildman–Crippen LogP) is 1.86. The van der Waals surface area contributed by atoms with Crippen LogP contribution in [0.1, 0.15) is 0 Å². The molecule has 11 heteroatoms. The lowest BCUT2D eigenvalue weighted by Crippen LogP contribution is -1.97. The van der Waals surface area contributed by atoms with Gasteiger partial charge in [0, 0.05) is 0 Å². The summed E-state index contributed by atoms with van der Waals surface area (Å²) in [6.45, 7) is 0. The highest BCUT2D eigenvalue weighted by atomic mass is 35.5. The molecule has 0 bridgehead atoms. The van der Waals surface area contributed by atoms with Crippen molar-refractivity contribution < 1.29 is 4.92 Å². The number of rotatable bonds is 3. The first-order valence-electron chi connectivity index (χ1n) is 5.13. The van der Waals surface area contributed by atoms with Crippen molar-refractivity contribution in [1.29, 1.82) is 0 Å². The average molecular weight is 310 g/mol. The molecule has 3 aromatic rings. The molecule has 20 heavy (non-hydrogen) atoms. The molecule has 0 fully saturated rings. The Kier molecular flexibility index (Phi) is 3.16. The molecule has 0 spiro atoms. The molecule has 0 saturated carbocycles. The normalized spacial score (nSPS) is 10.8. The van der Waals surface area contributed by atoms with Crippen LogP contribution in [0.2, 0.25) is 5.15 Å². The summed E-state index contributed by atoms with van der Waals surface area (Å²) < 4.78 is 0. The van der Waals surface area contributed by atoms with Gasteiger partial charge >= 0.3 is 5.69 Å². The standard InChI is InChI=1S/C9H4ClN7O2S/c10-6-5(17(18)19)9(16-2-12-6)20-8-4-7(13-1-11-4)14-3-15-8/h1-3H,(H,11,13,14,15). The number of halogens is 1. The third kappa shape index (κ3) is 2.14. The molecule has 3 heterocycles. The number of imidazole rings is 1. The molecule has 1 N–H and O–H groups in total. The Labute approximate surface area is 120 Å². The molecule has 100 valence electrons.